The van der Waals surface area contributed by atoms with Crippen LogP contribution in [0.1, 0.15) is 18.2 Å². The van der Waals surface area contributed by atoms with Gasteiger partial charge in [0.2, 0.25) is 5.91 Å². The first-order valence-electron chi connectivity index (χ1n) is 6.20. The highest BCUT2D eigenvalue weighted by atomic mass is 32.1. The van der Waals surface area contributed by atoms with E-state index in [2.05, 4.69) is 15.5 Å². The fourth-order valence-corrected chi connectivity index (χ4v) is 2.50. The number of hydrogen-bond donors (Lipinski definition) is 2. The van der Waals surface area contributed by atoms with Gasteiger partial charge in [-0.25, -0.2) is 4.98 Å². The Hall–Kier alpha value is -2.41. The maximum Gasteiger partial charge on any atom is 0.230 e. The molecule has 0 radical (unpaired) electrons. The molecule has 1 aromatic carbocycles. The first kappa shape index (κ1) is 15.0. The van der Waals surface area contributed by atoms with E-state index in [1.165, 1.54) is 11.3 Å². The van der Waals surface area contributed by atoms with Gasteiger partial charge < -0.3 is 15.3 Å². The minimum Gasteiger partial charge on any atom is -0.496 e. The largest absolute Gasteiger partial charge is 0.496 e. The van der Waals surface area contributed by atoms with Crippen LogP contribution >= 0.6 is 11.3 Å². The number of thiazole rings is 1. The van der Waals surface area contributed by atoms with Crippen LogP contribution < -0.4 is 10.1 Å². The number of rotatable bonds is 5. The van der Waals surface area contributed by atoms with Crippen molar-refractivity contribution >= 4 is 28.1 Å². The molecule has 0 aliphatic rings. The summed E-state index contributed by atoms with van der Waals surface area (Å²) in [6.45, 7) is 1.63. The predicted molar refractivity (Wildman–Crippen MR) is 81.4 cm³/mol. The number of benzene rings is 1. The van der Waals surface area contributed by atoms with E-state index in [4.69, 9.17) is 9.94 Å². The molecule has 21 heavy (non-hydrogen) atoms. The lowest BCUT2D eigenvalue weighted by molar-refractivity contribution is -0.115. The molecule has 7 heteroatoms. The minimum absolute atomic E-state index is 0.181. The summed E-state index contributed by atoms with van der Waals surface area (Å²) in [4.78, 5) is 16.2. The van der Waals surface area contributed by atoms with Crippen molar-refractivity contribution in [3.8, 4) is 5.75 Å². The normalized spacial score (nSPS) is 11.2. The second-order valence-corrected chi connectivity index (χ2v) is 5.12. The Morgan fingerprint density at radius 3 is 2.95 bits per heavy atom. The lowest BCUT2D eigenvalue weighted by Crippen LogP contribution is -2.15. The molecule has 0 atom stereocenters. The van der Waals surface area contributed by atoms with E-state index in [9.17, 15) is 4.79 Å². The summed E-state index contributed by atoms with van der Waals surface area (Å²) in [6, 6.07) is 7.36. The Morgan fingerprint density at radius 1 is 1.48 bits per heavy atom. The van der Waals surface area contributed by atoms with Crippen molar-refractivity contribution < 1.29 is 14.7 Å². The van der Waals surface area contributed by atoms with Crippen LogP contribution in [0.2, 0.25) is 0 Å². The van der Waals surface area contributed by atoms with Gasteiger partial charge in [-0.15, -0.1) is 11.3 Å². The molecule has 2 N–H and O–H groups in total. The van der Waals surface area contributed by atoms with E-state index in [0.29, 0.717) is 22.3 Å². The summed E-state index contributed by atoms with van der Waals surface area (Å²) in [7, 11) is 1.57. The summed E-state index contributed by atoms with van der Waals surface area (Å²) in [5, 5.41) is 16.7. The van der Waals surface area contributed by atoms with E-state index in [0.717, 1.165) is 5.56 Å². The van der Waals surface area contributed by atoms with E-state index in [-0.39, 0.29) is 12.3 Å². The van der Waals surface area contributed by atoms with Gasteiger partial charge in [0.05, 0.1) is 13.5 Å². The summed E-state index contributed by atoms with van der Waals surface area (Å²) in [5.74, 6) is 0.495. The third-order valence-corrected chi connectivity index (χ3v) is 3.57. The first-order valence-corrected chi connectivity index (χ1v) is 7.08. The number of aromatic nitrogens is 1. The average Bonchev–Trinajstić information content (AvgIpc) is 2.95. The topological polar surface area (TPSA) is 83.8 Å². The molecule has 0 saturated heterocycles. The Bertz CT molecular complexity index is 667. The Kier molecular flexibility index (Phi) is 4.89. The fourth-order valence-electron chi connectivity index (χ4n) is 1.73. The second kappa shape index (κ2) is 6.85. The van der Waals surface area contributed by atoms with Crippen molar-refractivity contribution in [2.75, 3.05) is 12.4 Å². The summed E-state index contributed by atoms with van der Waals surface area (Å²) in [5.41, 5.74) is 1.74. The van der Waals surface area contributed by atoms with E-state index < -0.39 is 0 Å². The van der Waals surface area contributed by atoms with Crippen molar-refractivity contribution in [1.82, 2.24) is 4.98 Å². The molecule has 0 spiro atoms. The molecular formula is C14H15N3O3S. The van der Waals surface area contributed by atoms with E-state index in [1.54, 1.807) is 19.4 Å². The summed E-state index contributed by atoms with van der Waals surface area (Å²) < 4.78 is 5.21. The molecule has 1 amide bonds. The first-order chi connectivity index (χ1) is 10.1. The van der Waals surface area contributed by atoms with Gasteiger partial charge in [0.1, 0.15) is 17.2 Å². The molecule has 0 aliphatic heterocycles. The lowest BCUT2D eigenvalue weighted by atomic mass is 10.1. The zero-order chi connectivity index (χ0) is 15.2. The third-order valence-electron chi connectivity index (χ3n) is 2.81. The maximum absolute atomic E-state index is 12.0. The Balaban J connectivity index is 2.03. The highest BCUT2D eigenvalue weighted by molar-refractivity contribution is 7.14. The van der Waals surface area contributed by atoms with Gasteiger partial charge in [0.15, 0.2) is 5.13 Å². The SMILES string of the molecule is COc1ccccc1CC(=O)Nc1nc(C(C)=NO)cs1. The van der Waals surface area contributed by atoms with Crippen LogP contribution in [0.25, 0.3) is 0 Å². The number of carbonyl (C=O) groups is 1. The van der Waals surface area contributed by atoms with Crippen molar-refractivity contribution in [1.29, 1.82) is 0 Å². The van der Waals surface area contributed by atoms with Crippen LogP contribution in [0.4, 0.5) is 5.13 Å². The van der Waals surface area contributed by atoms with Gasteiger partial charge in [0, 0.05) is 10.9 Å². The molecule has 0 bridgehead atoms. The number of oxime groups is 1. The average molecular weight is 305 g/mol. The molecule has 0 aliphatic carbocycles. The van der Waals surface area contributed by atoms with Crippen LogP contribution in [0.5, 0.6) is 5.75 Å². The van der Waals surface area contributed by atoms with Gasteiger partial charge >= 0.3 is 0 Å². The van der Waals surface area contributed by atoms with E-state index in [1.807, 2.05) is 24.3 Å². The number of nitrogens with one attached hydrogen (secondary N) is 1. The van der Waals surface area contributed by atoms with Crippen molar-refractivity contribution in [3.05, 3.63) is 40.9 Å². The summed E-state index contributed by atoms with van der Waals surface area (Å²) >= 11 is 1.28. The quantitative estimate of drug-likeness (QED) is 0.505. The predicted octanol–water partition coefficient (Wildman–Crippen LogP) is 2.53. The molecule has 0 saturated carbocycles. The summed E-state index contributed by atoms with van der Waals surface area (Å²) in [6.07, 6.45) is 0.200. The number of anilines is 1. The number of ether oxygens (including phenoxy) is 1. The zero-order valence-corrected chi connectivity index (χ0v) is 12.5. The van der Waals surface area contributed by atoms with E-state index >= 15 is 0 Å². The zero-order valence-electron chi connectivity index (χ0n) is 11.7. The van der Waals surface area contributed by atoms with Gasteiger partial charge in [-0.1, -0.05) is 23.4 Å². The minimum atomic E-state index is -0.181. The number of nitrogens with zero attached hydrogens (tertiary/aromatic N) is 2. The highest BCUT2D eigenvalue weighted by Crippen LogP contribution is 2.20. The fraction of sp³-hybridized carbons (Fsp3) is 0.214. The Labute approximate surface area is 126 Å². The molecule has 2 aromatic rings. The maximum atomic E-state index is 12.0. The van der Waals surface area contributed by atoms with Gasteiger partial charge in [-0.3, -0.25) is 4.79 Å². The van der Waals surface area contributed by atoms with Crippen molar-refractivity contribution in [2.45, 2.75) is 13.3 Å². The van der Waals surface area contributed by atoms with Crippen LogP contribution in [-0.4, -0.2) is 28.9 Å². The monoisotopic (exact) mass is 305 g/mol. The van der Waals surface area contributed by atoms with Gasteiger partial charge in [0.25, 0.3) is 0 Å². The molecule has 1 heterocycles. The molecule has 6 nitrogen and oxygen atoms in total. The van der Waals surface area contributed by atoms with Crippen molar-refractivity contribution in [3.63, 3.8) is 0 Å². The molecule has 2 rings (SSSR count). The lowest BCUT2D eigenvalue weighted by Gasteiger charge is -2.07. The van der Waals surface area contributed by atoms with Crippen LogP contribution in [0.15, 0.2) is 34.8 Å². The second-order valence-electron chi connectivity index (χ2n) is 4.26. The van der Waals surface area contributed by atoms with Crippen LogP contribution in [0, 0.1) is 0 Å². The number of para-hydroxylation sites is 1. The molecule has 1 aromatic heterocycles. The number of hydrogen-bond acceptors (Lipinski definition) is 6. The van der Waals surface area contributed by atoms with Gasteiger partial charge in [-0.05, 0) is 13.0 Å². The molecule has 0 fully saturated rings. The molecule has 0 unspecified atom stereocenters. The highest BCUT2D eigenvalue weighted by Gasteiger charge is 2.11. The standard InChI is InChI=1S/C14H15N3O3S/c1-9(17-19)11-8-21-14(15-11)16-13(18)7-10-5-3-4-6-12(10)20-2/h3-6,8,19H,7H2,1-2H3,(H,15,16,18). The van der Waals surface area contributed by atoms with Crippen LogP contribution in [0.3, 0.4) is 0 Å². The number of carbonyl (C=O) groups excluding carboxylic acids is 1. The van der Waals surface area contributed by atoms with Crippen molar-refractivity contribution in [2.24, 2.45) is 5.16 Å². The molecule has 110 valence electrons. The molecular weight excluding hydrogens is 290 g/mol. The van der Waals surface area contributed by atoms with Gasteiger partial charge in [-0.2, -0.15) is 0 Å². The van der Waals surface area contributed by atoms with Crippen LogP contribution in [-0.2, 0) is 11.2 Å². The number of amides is 1. The third kappa shape index (κ3) is 3.79. The number of methoxy groups -OCH3 is 1. The smallest absolute Gasteiger partial charge is 0.230 e. The Morgan fingerprint density at radius 2 is 2.24 bits per heavy atom.